The van der Waals surface area contributed by atoms with Crippen LogP contribution in [0.3, 0.4) is 0 Å². The maximum absolute atomic E-state index is 11.0. The van der Waals surface area contributed by atoms with Crippen molar-refractivity contribution in [1.29, 1.82) is 0 Å². The Labute approximate surface area is 132 Å². The Bertz CT molecular complexity index is 680. The van der Waals surface area contributed by atoms with Gasteiger partial charge in [0.1, 0.15) is 6.29 Å². The highest BCUT2D eigenvalue weighted by Gasteiger charge is 2.19. The van der Waals surface area contributed by atoms with Crippen LogP contribution >= 0.6 is 0 Å². The number of benzene rings is 2. The Kier molecular flexibility index (Phi) is 3.78. The number of carbonyl (C=O) groups is 1. The molecule has 1 heterocycles. The van der Waals surface area contributed by atoms with Gasteiger partial charge in [0.25, 0.3) is 0 Å². The van der Waals surface area contributed by atoms with Crippen molar-refractivity contribution < 1.29 is 4.79 Å². The molecule has 1 aliphatic heterocycles. The van der Waals surface area contributed by atoms with E-state index >= 15 is 0 Å². The summed E-state index contributed by atoms with van der Waals surface area (Å²) < 4.78 is 0. The molecule has 0 bridgehead atoms. The molecule has 0 saturated carbocycles. The third-order valence-electron chi connectivity index (χ3n) is 4.40. The van der Waals surface area contributed by atoms with Crippen molar-refractivity contribution in [2.24, 2.45) is 0 Å². The molecular weight excluding hydrogens is 270 g/mol. The van der Waals surface area contributed by atoms with Gasteiger partial charge in [-0.15, -0.1) is 0 Å². The molecule has 2 aromatic rings. The minimum atomic E-state index is 0.178. The van der Waals surface area contributed by atoms with Crippen molar-refractivity contribution >= 4 is 17.7 Å². The van der Waals surface area contributed by atoms with Gasteiger partial charge in [0, 0.05) is 23.5 Å². The van der Waals surface area contributed by atoms with Gasteiger partial charge in [-0.05, 0) is 59.7 Å². The first-order chi connectivity index (χ1) is 10.5. The topological polar surface area (TPSA) is 20.3 Å². The van der Waals surface area contributed by atoms with E-state index in [1.165, 1.54) is 22.5 Å². The molecule has 0 aliphatic carbocycles. The Morgan fingerprint density at radius 1 is 1.05 bits per heavy atom. The molecule has 0 saturated heterocycles. The number of fused-ring (bicyclic) bond motifs is 1. The molecule has 22 heavy (non-hydrogen) atoms. The van der Waals surface area contributed by atoms with E-state index < -0.39 is 0 Å². The predicted octanol–water partition coefficient (Wildman–Crippen LogP) is 4.88. The summed E-state index contributed by atoms with van der Waals surface area (Å²) in [4.78, 5) is 13.3. The summed E-state index contributed by atoms with van der Waals surface area (Å²) in [5.41, 5.74) is 6.04. The second kappa shape index (κ2) is 5.60. The number of hydrogen-bond donors (Lipinski definition) is 0. The van der Waals surface area contributed by atoms with E-state index in [2.05, 4.69) is 56.0 Å². The number of anilines is 2. The molecule has 114 valence electrons. The van der Waals surface area contributed by atoms with Gasteiger partial charge in [0.05, 0.1) is 0 Å². The first-order valence-electron chi connectivity index (χ1n) is 7.95. The minimum absolute atomic E-state index is 0.178. The summed E-state index contributed by atoms with van der Waals surface area (Å²) in [6.07, 6.45) is 3.10. The Hall–Kier alpha value is -2.09. The zero-order valence-electron chi connectivity index (χ0n) is 13.6. The number of nitrogens with zero attached hydrogens (tertiary/aromatic N) is 1. The molecular formula is C20H23NO. The maximum Gasteiger partial charge on any atom is 0.150 e. The summed E-state index contributed by atoms with van der Waals surface area (Å²) >= 11 is 0. The summed E-state index contributed by atoms with van der Waals surface area (Å²) in [7, 11) is 0. The lowest BCUT2D eigenvalue weighted by Crippen LogP contribution is -2.24. The Balaban J connectivity index is 1.95. The fourth-order valence-electron chi connectivity index (χ4n) is 3.10. The summed E-state index contributed by atoms with van der Waals surface area (Å²) in [6.45, 7) is 7.74. The second-order valence-corrected chi connectivity index (χ2v) is 7.06. The van der Waals surface area contributed by atoms with Gasteiger partial charge < -0.3 is 4.90 Å². The molecule has 0 spiro atoms. The number of aryl methyl sites for hydroxylation is 1. The van der Waals surface area contributed by atoms with Crippen LogP contribution in [-0.2, 0) is 11.8 Å². The zero-order valence-corrected chi connectivity index (χ0v) is 13.6. The van der Waals surface area contributed by atoms with Gasteiger partial charge in [-0.25, -0.2) is 0 Å². The minimum Gasteiger partial charge on any atom is -0.341 e. The van der Waals surface area contributed by atoms with Crippen LogP contribution in [0, 0.1) is 0 Å². The molecule has 0 aromatic heterocycles. The third-order valence-corrected chi connectivity index (χ3v) is 4.40. The molecule has 2 nitrogen and oxygen atoms in total. The van der Waals surface area contributed by atoms with Crippen LogP contribution in [-0.4, -0.2) is 12.8 Å². The van der Waals surface area contributed by atoms with E-state index in [-0.39, 0.29) is 5.41 Å². The average Bonchev–Trinajstić information content (AvgIpc) is 2.53. The summed E-state index contributed by atoms with van der Waals surface area (Å²) in [6, 6.07) is 14.9. The molecule has 0 atom stereocenters. The summed E-state index contributed by atoms with van der Waals surface area (Å²) in [5.74, 6) is 0. The standard InChI is InChI=1S/C20H23NO/c1-20(2,3)17-7-9-18(10-8-17)21-12-4-5-16-13-15(14-22)6-11-19(16)21/h6-11,13-14H,4-5,12H2,1-3H3. The molecule has 3 rings (SSSR count). The SMILES string of the molecule is CC(C)(C)c1ccc(N2CCCc3cc(C=O)ccc32)cc1. The number of hydrogen-bond acceptors (Lipinski definition) is 2. The smallest absolute Gasteiger partial charge is 0.150 e. The van der Waals surface area contributed by atoms with Crippen LogP contribution in [0.25, 0.3) is 0 Å². The Morgan fingerprint density at radius 2 is 1.77 bits per heavy atom. The monoisotopic (exact) mass is 293 g/mol. The fraction of sp³-hybridized carbons (Fsp3) is 0.350. The molecule has 0 radical (unpaired) electrons. The molecule has 0 fully saturated rings. The van der Waals surface area contributed by atoms with Crippen molar-refractivity contribution in [3.8, 4) is 0 Å². The summed E-state index contributed by atoms with van der Waals surface area (Å²) in [5, 5.41) is 0. The van der Waals surface area contributed by atoms with Gasteiger partial charge in [-0.2, -0.15) is 0 Å². The van der Waals surface area contributed by atoms with Crippen molar-refractivity contribution in [2.45, 2.75) is 39.0 Å². The quantitative estimate of drug-likeness (QED) is 0.735. The van der Waals surface area contributed by atoms with Gasteiger partial charge in [-0.1, -0.05) is 32.9 Å². The van der Waals surface area contributed by atoms with Crippen LogP contribution in [0.4, 0.5) is 11.4 Å². The molecule has 2 heteroatoms. The Morgan fingerprint density at radius 3 is 2.41 bits per heavy atom. The van der Waals surface area contributed by atoms with E-state index in [9.17, 15) is 4.79 Å². The second-order valence-electron chi connectivity index (χ2n) is 7.06. The van der Waals surface area contributed by atoms with E-state index in [1.807, 2.05) is 12.1 Å². The highest BCUT2D eigenvalue weighted by Crippen LogP contribution is 2.34. The van der Waals surface area contributed by atoms with E-state index in [4.69, 9.17) is 0 Å². The molecule has 2 aromatic carbocycles. The predicted molar refractivity (Wildman–Crippen MR) is 92.3 cm³/mol. The van der Waals surface area contributed by atoms with Crippen molar-refractivity contribution in [2.75, 3.05) is 11.4 Å². The van der Waals surface area contributed by atoms with Crippen molar-refractivity contribution in [1.82, 2.24) is 0 Å². The maximum atomic E-state index is 11.0. The van der Waals surface area contributed by atoms with Crippen molar-refractivity contribution in [3.05, 3.63) is 59.2 Å². The lowest BCUT2D eigenvalue weighted by molar-refractivity contribution is 0.112. The van der Waals surface area contributed by atoms with Gasteiger partial charge >= 0.3 is 0 Å². The highest BCUT2D eigenvalue weighted by molar-refractivity contribution is 5.78. The zero-order chi connectivity index (χ0) is 15.7. The highest BCUT2D eigenvalue weighted by atomic mass is 16.1. The number of carbonyl (C=O) groups excluding carboxylic acids is 1. The van der Waals surface area contributed by atoms with Crippen molar-refractivity contribution in [3.63, 3.8) is 0 Å². The fourth-order valence-corrected chi connectivity index (χ4v) is 3.10. The molecule has 0 N–H and O–H groups in total. The van der Waals surface area contributed by atoms with Crippen LogP contribution in [0.5, 0.6) is 0 Å². The normalized spacial score (nSPS) is 14.6. The molecule has 1 aliphatic rings. The largest absolute Gasteiger partial charge is 0.341 e. The van der Waals surface area contributed by atoms with Gasteiger partial charge in [-0.3, -0.25) is 4.79 Å². The lowest BCUT2D eigenvalue weighted by Gasteiger charge is -2.32. The molecule has 0 amide bonds. The van der Waals surface area contributed by atoms with Crippen LogP contribution in [0.15, 0.2) is 42.5 Å². The first kappa shape index (κ1) is 14.8. The van der Waals surface area contributed by atoms with Crippen LogP contribution < -0.4 is 4.90 Å². The van der Waals surface area contributed by atoms with E-state index in [0.29, 0.717) is 0 Å². The van der Waals surface area contributed by atoms with Crippen LogP contribution in [0.1, 0.15) is 48.7 Å². The van der Waals surface area contributed by atoms with Crippen LogP contribution in [0.2, 0.25) is 0 Å². The van der Waals surface area contributed by atoms with Gasteiger partial charge in [0.15, 0.2) is 0 Å². The molecule has 0 unspecified atom stereocenters. The first-order valence-corrected chi connectivity index (χ1v) is 7.95. The lowest BCUT2D eigenvalue weighted by atomic mass is 9.87. The van der Waals surface area contributed by atoms with E-state index in [1.54, 1.807) is 0 Å². The number of aldehydes is 1. The average molecular weight is 293 g/mol. The number of rotatable bonds is 2. The van der Waals surface area contributed by atoms with Gasteiger partial charge in [0.2, 0.25) is 0 Å². The van der Waals surface area contributed by atoms with E-state index in [0.717, 1.165) is 31.2 Å². The third kappa shape index (κ3) is 2.78.